The van der Waals surface area contributed by atoms with Gasteiger partial charge in [-0.2, -0.15) is 0 Å². The third kappa shape index (κ3) is 2.95. The summed E-state index contributed by atoms with van der Waals surface area (Å²) in [5.41, 5.74) is 1.65. The lowest BCUT2D eigenvalue weighted by molar-refractivity contribution is 0.235. The molecule has 0 radical (unpaired) electrons. The molecule has 130 valence electrons. The number of rotatable bonds is 3. The van der Waals surface area contributed by atoms with Gasteiger partial charge in [0.25, 0.3) is 0 Å². The Morgan fingerprint density at radius 2 is 2.24 bits per heavy atom. The lowest BCUT2D eigenvalue weighted by Crippen LogP contribution is -2.45. The van der Waals surface area contributed by atoms with Gasteiger partial charge in [0.2, 0.25) is 0 Å². The van der Waals surface area contributed by atoms with E-state index in [9.17, 15) is 4.79 Å². The van der Waals surface area contributed by atoms with Crippen LogP contribution in [0.15, 0.2) is 24.8 Å². The summed E-state index contributed by atoms with van der Waals surface area (Å²) in [7, 11) is 0. The van der Waals surface area contributed by atoms with E-state index in [4.69, 9.17) is 0 Å². The summed E-state index contributed by atoms with van der Waals surface area (Å²) in [6, 6.07) is 2.11. The van der Waals surface area contributed by atoms with E-state index in [1.54, 1.807) is 12.5 Å². The summed E-state index contributed by atoms with van der Waals surface area (Å²) in [4.78, 5) is 30.5. The minimum atomic E-state index is -0.119. The second kappa shape index (κ2) is 6.19. The van der Waals surface area contributed by atoms with E-state index >= 15 is 0 Å². The average Bonchev–Trinajstić information content (AvgIpc) is 3.22. The van der Waals surface area contributed by atoms with Crippen molar-refractivity contribution < 1.29 is 4.79 Å². The number of fused-ring (bicyclic) bond motifs is 3. The molecule has 8 heteroatoms. The normalized spacial score (nSPS) is 17.6. The van der Waals surface area contributed by atoms with Crippen LogP contribution in [0.4, 0.5) is 10.6 Å². The van der Waals surface area contributed by atoms with Crippen LogP contribution < -0.4 is 15.5 Å². The molecule has 1 aliphatic rings. The summed E-state index contributed by atoms with van der Waals surface area (Å²) in [5, 5.41) is 7.92. The number of carbonyl (C=O) groups is 1. The standard InChI is InChI=1S/C17H21N7O/c1-10(2)22-17(25)23-11-4-6-24(8-11)16-14-12-3-5-18-15(12)19-7-13(14)20-9-21-16/h3,5,7,9-11H,4,6,8H2,1-2H3,(H,18,19)(H2,22,23,25). The molecule has 0 aromatic carbocycles. The molecule has 1 atom stereocenters. The highest BCUT2D eigenvalue weighted by Crippen LogP contribution is 2.30. The number of carbonyl (C=O) groups excluding carboxylic acids is 1. The molecule has 4 rings (SSSR count). The molecule has 3 aromatic heterocycles. The number of hydrogen-bond donors (Lipinski definition) is 3. The number of aromatic amines is 1. The van der Waals surface area contributed by atoms with Crippen LogP contribution in [-0.2, 0) is 0 Å². The highest BCUT2D eigenvalue weighted by molar-refractivity contribution is 6.08. The molecule has 1 saturated heterocycles. The second-order valence-corrected chi connectivity index (χ2v) is 6.66. The molecule has 3 N–H and O–H groups in total. The summed E-state index contributed by atoms with van der Waals surface area (Å²) < 4.78 is 0. The number of pyridine rings is 1. The predicted octanol–water partition coefficient (Wildman–Crippen LogP) is 1.79. The largest absolute Gasteiger partial charge is 0.354 e. The second-order valence-electron chi connectivity index (χ2n) is 6.66. The van der Waals surface area contributed by atoms with Crippen LogP contribution in [0, 0.1) is 0 Å². The number of urea groups is 1. The van der Waals surface area contributed by atoms with Gasteiger partial charge in [0.15, 0.2) is 0 Å². The van der Waals surface area contributed by atoms with Gasteiger partial charge in [0.05, 0.1) is 17.1 Å². The van der Waals surface area contributed by atoms with Gasteiger partial charge in [0.1, 0.15) is 17.8 Å². The van der Waals surface area contributed by atoms with E-state index < -0.39 is 0 Å². The van der Waals surface area contributed by atoms with Gasteiger partial charge in [-0.15, -0.1) is 0 Å². The molecule has 4 heterocycles. The van der Waals surface area contributed by atoms with Crippen LogP contribution in [0.5, 0.6) is 0 Å². The number of aromatic nitrogens is 4. The fourth-order valence-electron chi connectivity index (χ4n) is 3.34. The van der Waals surface area contributed by atoms with Gasteiger partial charge in [-0.25, -0.2) is 19.7 Å². The van der Waals surface area contributed by atoms with Crippen molar-refractivity contribution in [2.45, 2.75) is 32.4 Å². The molecular formula is C17H21N7O. The first kappa shape index (κ1) is 15.6. The average molecular weight is 339 g/mol. The van der Waals surface area contributed by atoms with Crippen LogP contribution >= 0.6 is 0 Å². The summed E-state index contributed by atoms with van der Waals surface area (Å²) >= 11 is 0. The van der Waals surface area contributed by atoms with Crippen molar-refractivity contribution in [3.8, 4) is 0 Å². The first-order valence-corrected chi connectivity index (χ1v) is 8.50. The van der Waals surface area contributed by atoms with Gasteiger partial charge >= 0.3 is 6.03 Å². The molecule has 2 amide bonds. The van der Waals surface area contributed by atoms with Gasteiger partial charge < -0.3 is 20.5 Å². The van der Waals surface area contributed by atoms with Crippen molar-refractivity contribution in [2.75, 3.05) is 18.0 Å². The summed E-state index contributed by atoms with van der Waals surface area (Å²) in [6.07, 6.45) is 6.10. The number of H-pyrrole nitrogens is 1. The van der Waals surface area contributed by atoms with E-state index in [1.807, 2.05) is 26.1 Å². The van der Waals surface area contributed by atoms with Crippen molar-refractivity contribution in [3.63, 3.8) is 0 Å². The van der Waals surface area contributed by atoms with Crippen molar-refractivity contribution >= 4 is 33.8 Å². The molecule has 1 aliphatic heterocycles. The Balaban J connectivity index is 1.60. The molecule has 0 aliphatic carbocycles. The van der Waals surface area contributed by atoms with Crippen molar-refractivity contribution in [1.29, 1.82) is 0 Å². The molecule has 0 saturated carbocycles. The molecule has 3 aromatic rings. The highest BCUT2D eigenvalue weighted by Gasteiger charge is 2.27. The molecule has 25 heavy (non-hydrogen) atoms. The van der Waals surface area contributed by atoms with Crippen LogP contribution in [0.25, 0.3) is 21.9 Å². The number of anilines is 1. The first-order chi connectivity index (χ1) is 12.1. The molecule has 8 nitrogen and oxygen atoms in total. The maximum absolute atomic E-state index is 11.9. The van der Waals surface area contributed by atoms with Crippen LogP contribution in [0.3, 0.4) is 0 Å². The van der Waals surface area contributed by atoms with Crippen molar-refractivity contribution in [2.24, 2.45) is 0 Å². The van der Waals surface area contributed by atoms with Crippen molar-refractivity contribution in [3.05, 3.63) is 24.8 Å². The van der Waals surface area contributed by atoms with Gasteiger partial charge in [-0.3, -0.25) is 0 Å². The Morgan fingerprint density at radius 3 is 3.08 bits per heavy atom. The van der Waals surface area contributed by atoms with Gasteiger partial charge in [-0.05, 0) is 26.3 Å². The maximum atomic E-state index is 11.9. The molecule has 0 spiro atoms. The van der Waals surface area contributed by atoms with E-state index in [0.29, 0.717) is 0 Å². The fourth-order valence-corrected chi connectivity index (χ4v) is 3.34. The summed E-state index contributed by atoms with van der Waals surface area (Å²) in [6.45, 7) is 5.46. The van der Waals surface area contributed by atoms with E-state index in [1.165, 1.54) is 0 Å². The van der Waals surface area contributed by atoms with Crippen LogP contribution in [0.2, 0.25) is 0 Å². The predicted molar refractivity (Wildman–Crippen MR) is 96.6 cm³/mol. The topological polar surface area (TPSA) is 98.8 Å². The van der Waals surface area contributed by atoms with E-state index in [-0.39, 0.29) is 18.1 Å². The van der Waals surface area contributed by atoms with Crippen LogP contribution in [0.1, 0.15) is 20.3 Å². The van der Waals surface area contributed by atoms with Crippen molar-refractivity contribution in [1.82, 2.24) is 30.6 Å². The Morgan fingerprint density at radius 1 is 1.36 bits per heavy atom. The van der Waals surface area contributed by atoms with Gasteiger partial charge in [-0.1, -0.05) is 0 Å². The lowest BCUT2D eigenvalue weighted by Gasteiger charge is -2.20. The fraction of sp³-hybridized carbons (Fsp3) is 0.412. The minimum Gasteiger partial charge on any atom is -0.354 e. The number of nitrogens with zero attached hydrogens (tertiary/aromatic N) is 4. The Kier molecular flexibility index (Phi) is 3.87. The SMILES string of the molecule is CC(C)NC(=O)NC1CCN(c2ncnc3cnc4[nH]ccc4c23)C1. The Hall–Kier alpha value is -2.90. The van der Waals surface area contributed by atoms with Crippen LogP contribution in [-0.4, -0.2) is 51.1 Å². The highest BCUT2D eigenvalue weighted by atomic mass is 16.2. The Labute approximate surface area is 145 Å². The smallest absolute Gasteiger partial charge is 0.315 e. The van der Waals surface area contributed by atoms with E-state index in [2.05, 4.69) is 35.5 Å². The number of nitrogens with one attached hydrogen (secondary N) is 3. The zero-order chi connectivity index (χ0) is 17.4. The quantitative estimate of drug-likeness (QED) is 0.676. The number of amides is 2. The molecular weight excluding hydrogens is 318 g/mol. The van der Waals surface area contributed by atoms with E-state index in [0.717, 1.165) is 47.3 Å². The molecule has 1 unspecified atom stereocenters. The summed E-state index contributed by atoms with van der Waals surface area (Å²) in [5.74, 6) is 0.894. The maximum Gasteiger partial charge on any atom is 0.315 e. The third-order valence-electron chi connectivity index (χ3n) is 4.41. The minimum absolute atomic E-state index is 0.104. The Bertz CT molecular complexity index is 920. The number of hydrogen-bond acceptors (Lipinski definition) is 5. The monoisotopic (exact) mass is 339 g/mol. The molecule has 0 bridgehead atoms. The zero-order valence-electron chi connectivity index (χ0n) is 14.3. The first-order valence-electron chi connectivity index (χ1n) is 8.50. The lowest BCUT2D eigenvalue weighted by atomic mass is 10.2. The third-order valence-corrected chi connectivity index (χ3v) is 4.41. The zero-order valence-corrected chi connectivity index (χ0v) is 14.3. The molecule has 1 fully saturated rings. The van der Waals surface area contributed by atoms with Gasteiger partial charge in [0, 0.05) is 36.8 Å².